The van der Waals surface area contributed by atoms with Gasteiger partial charge < -0.3 is 10.6 Å². The van der Waals surface area contributed by atoms with Gasteiger partial charge in [-0.15, -0.1) is 0 Å². The van der Waals surface area contributed by atoms with E-state index in [4.69, 9.17) is 5.73 Å². The van der Waals surface area contributed by atoms with Crippen molar-refractivity contribution in [3.05, 3.63) is 5.82 Å². The molecule has 1 fully saturated rings. The molecule has 1 saturated heterocycles. The lowest BCUT2D eigenvalue weighted by atomic mass is 10.1. The Kier molecular flexibility index (Phi) is 2.99. The fourth-order valence-corrected chi connectivity index (χ4v) is 1.82. The lowest BCUT2D eigenvalue weighted by molar-refractivity contribution is 0.566. The summed E-state index contributed by atoms with van der Waals surface area (Å²) in [5, 5.41) is 0. The number of piperidine rings is 1. The Morgan fingerprint density at radius 3 is 2.53 bits per heavy atom. The van der Waals surface area contributed by atoms with Crippen molar-refractivity contribution in [1.29, 1.82) is 0 Å². The molecular formula is C10H17N5. The van der Waals surface area contributed by atoms with E-state index in [9.17, 15) is 0 Å². The van der Waals surface area contributed by atoms with Gasteiger partial charge in [-0.1, -0.05) is 6.92 Å². The standard InChI is InChI=1S/C10H17N5/c1-2-8-12-9(11)14-10(13-8)15-6-4-3-5-7-15/h2-7H2,1H3,(H2,11,12,13,14). The molecule has 0 aliphatic carbocycles. The van der Waals surface area contributed by atoms with Crippen LogP contribution in [-0.2, 0) is 6.42 Å². The molecule has 0 unspecified atom stereocenters. The second-order valence-electron chi connectivity index (χ2n) is 3.81. The monoisotopic (exact) mass is 207 g/mol. The van der Waals surface area contributed by atoms with E-state index in [-0.39, 0.29) is 0 Å². The van der Waals surface area contributed by atoms with Gasteiger partial charge in [0.05, 0.1) is 0 Å². The molecule has 5 heteroatoms. The van der Waals surface area contributed by atoms with Gasteiger partial charge in [-0.05, 0) is 19.3 Å². The quantitative estimate of drug-likeness (QED) is 0.783. The molecule has 0 radical (unpaired) electrons. The molecule has 2 N–H and O–H groups in total. The van der Waals surface area contributed by atoms with Gasteiger partial charge in [0.25, 0.3) is 0 Å². The smallest absolute Gasteiger partial charge is 0.230 e. The van der Waals surface area contributed by atoms with Crippen LogP contribution >= 0.6 is 0 Å². The number of aromatic nitrogens is 3. The minimum absolute atomic E-state index is 0.336. The molecule has 2 heterocycles. The van der Waals surface area contributed by atoms with Crippen LogP contribution in [0.1, 0.15) is 32.0 Å². The highest BCUT2D eigenvalue weighted by Crippen LogP contribution is 2.16. The van der Waals surface area contributed by atoms with Crippen molar-refractivity contribution >= 4 is 11.9 Å². The first-order valence-corrected chi connectivity index (χ1v) is 5.55. The molecule has 0 aromatic carbocycles. The Bertz CT molecular complexity index is 333. The zero-order valence-corrected chi connectivity index (χ0v) is 9.11. The molecule has 82 valence electrons. The third kappa shape index (κ3) is 2.34. The van der Waals surface area contributed by atoms with Gasteiger partial charge in [0.1, 0.15) is 5.82 Å². The highest BCUT2D eigenvalue weighted by Gasteiger charge is 2.14. The molecule has 0 saturated carbocycles. The van der Waals surface area contributed by atoms with Crippen LogP contribution < -0.4 is 10.6 Å². The third-order valence-corrected chi connectivity index (χ3v) is 2.64. The largest absolute Gasteiger partial charge is 0.368 e. The normalized spacial score (nSPS) is 16.7. The summed E-state index contributed by atoms with van der Waals surface area (Å²) < 4.78 is 0. The van der Waals surface area contributed by atoms with E-state index in [0.29, 0.717) is 5.95 Å². The molecule has 15 heavy (non-hydrogen) atoms. The van der Waals surface area contributed by atoms with Crippen molar-refractivity contribution in [1.82, 2.24) is 15.0 Å². The lowest BCUT2D eigenvalue weighted by Crippen LogP contribution is -2.31. The van der Waals surface area contributed by atoms with Crippen LogP contribution in [0.3, 0.4) is 0 Å². The number of aryl methyl sites for hydroxylation is 1. The van der Waals surface area contributed by atoms with Crippen LogP contribution in [-0.4, -0.2) is 28.0 Å². The molecule has 0 spiro atoms. The van der Waals surface area contributed by atoms with Crippen LogP contribution in [0, 0.1) is 0 Å². The van der Waals surface area contributed by atoms with E-state index in [1.54, 1.807) is 0 Å². The molecule has 5 nitrogen and oxygen atoms in total. The van der Waals surface area contributed by atoms with Gasteiger partial charge in [0, 0.05) is 19.5 Å². The first-order chi connectivity index (χ1) is 7.29. The summed E-state index contributed by atoms with van der Waals surface area (Å²) in [6.45, 7) is 4.09. The first-order valence-electron chi connectivity index (χ1n) is 5.55. The average molecular weight is 207 g/mol. The summed E-state index contributed by atoms with van der Waals surface area (Å²) in [7, 11) is 0. The number of nitrogens with two attached hydrogens (primary N) is 1. The maximum Gasteiger partial charge on any atom is 0.230 e. The minimum atomic E-state index is 0.336. The third-order valence-electron chi connectivity index (χ3n) is 2.64. The zero-order valence-electron chi connectivity index (χ0n) is 9.11. The highest BCUT2D eigenvalue weighted by molar-refractivity contribution is 5.34. The van der Waals surface area contributed by atoms with Gasteiger partial charge in [0.15, 0.2) is 0 Å². The predicted octanol–water partition coefficient (Wildman–Crippen LogP) is 1.01. The molecule has 0 amide bonds. The van der Waals surface area contributed by atoms with E-state index < -0.39 is 0 Å². The van der Waals surface area contributed by atoms with Gasteiger partial charge in [-0.25, -0.2) is 0 Å². The van der Waals surface area contributed by atoms with Crippen molar-refractivity contribution in [2.45, 2.75) is 32.6 Å². The average Bonchev–Trinajstić information content (AvgIpc) is 2.29. The number of anilines is 2. The van der Waals surface area contributed by atoms with Gasteiger partial charge in [0.2, 0.25) is 11.9 Å². The van der Waals surface area contributed by atoms with E-state index in [0.717, 1.165) is 31.3 Å². The molecule has 1 aromatic rings. The van der Waals surface area contributed by atoms with Crippen molar-refractivity contribution in [2.24, 2.45) is 0 Å². The Hall–Kier alpha value is -1.39. The molecule has 2 rings (SSSR count). The summed E-state index contributed by atoms with van der Waals surface area (Å²) in [6, 6.07) is 0. The van der Waals surface area contributed by atoms with Gasteiger partial charge in [-0.2, -0.15) is 15.0 Å². The molecule has 0 bridgehead atoms. The van der Waals surface area contributed by atoms with E-state index in [2.05, 4.69) is 19.9 Å². The van der Waals surface area contributed by atoms with Crippen LogP contribution in [0.15, 0.2) is 0 Å². The molecule has 1 aliphatic heterocycles. The second kappa shape index (κ2) is 4.42. The van der Waals surface area contributed by atoms with Gasteiger partial charge >= 0.3 is 0 Å². The number of rotatable bonds is 2. The van der Waals surface area contributed by atoms with Crippen molar-refractivity contribution in [2.75, 3.05) is 23.7 Å². The first kappa shape index (κ1) is 10.1. The Morgan fingerprint density at radius 1 is 1.13 bits per heavy atom. The summed E-state index contributed by atoms with van der Waals surface area (Å²) in [5.74, 6) is 1.87. The topological polar surface area (TPSA) is 67.9 Å². The number of hydrogen-bond donors (Lipinski definition) is 1. The summed E-state index contributed by atoms with van der Waals surface area (Å²) >= 11 is 0. The second-order valence-corrected chi connectivity index (χ2v) is 3.81. The SMILES string of the molecule is CCc1nc(N)nc(N2CCCCC2)n1. The Labute approximate surface area is 89.7 Å². The molecule has 0 atom stereocenters. The van der Waals surface area contributed by atoms with Crippen molar-refractivity contribution in [3.63, 3.8) is 0 Å². The Morgan fingerprint density at radius 2 is 1.87 bits per heavy atom. The summed E-state index contributed by atoms with van der Waals surface area (Å²) in [6.07, 6.45) is 4.53. The van der Waals surface area contributed by atoms with Crippen molar-refractivity contribution < 1.29 is 0 Å². The van der Waals surface area contributed by atoms with Crippen LogP contribution in [0.2, 0.25) is 0 Å². The maximum absolute atomic E-state index is 5.65. The number of hydrogen-bond acceptors (Lipinski definition) is 5. The fraction of sp³-hybridized carbons (Fsp3) is 0.700. The van der Waals surface area contributed by atoms with E-state index in [1.807, 2.05) is 6.92 Å². The van der Waals surface area contributed by atoms with Crippen LogP contribution in [0.5, 0.6) is 0 Å². The number of nitrogen functional groups attached to an aromatic ring is 1. The van der Waals surface area contributed by atoms with Gasteiger partial charge in [-0.3, -0.25) is 0 Å². The summed E-state index contributed by atoms with van der Waals surface area (Å²) in [4.78, 5) is 14.9. The van der Waals surface area contributed by atoms with Crippen LogP contribution in [0.4, 0.5) is 11.9 Å². The Balaban J connectivity index is 2.22. The predicted molar refractivity (Wildman–Crippen MR) is 59.7 cm³/mol. The lowest BCUT2D eigenvalue weighted by Gasteiger charge is -2.26. The maximum atomic E-state index is 5.65. The molecular weight excluding hydrogens is 190 g/mol. The summed E-state index contributed by atoms with van der Waals surface area (Å²) in [5.41, 5.74) is 5.65. The number of nitrogens with zero attached hydrogens (tertiary/aromatic N) is 4. The van der Waals surface area contributed by atoms with Crippen molar-refractivity contribution in [3.8, 4) is 0 Å². The highest BCUT2D eigenvalue weighted by atomic mass is 15.3. The fourth-order valence-electron chi connectivity index (χ4n) is 1.82. The minimum Gasteiger partial charge on any atom is -0.368 e. The molecule has 1 aliphatic rings. The van der Waals surface area contributed by atoms with Crippen LogP contribution in [0.25, 0.3) is 0 Å². The zero-order chi connectivity index (χ0) is 10.7. The van der Waals surface area contributed by atoms with E-state index in [1.165, 1.54) is 19.3 Å². The molecule has 1 aromatic heterocycles. The van der Waals surface area contributed by atoms with E-state index >= 15 is 0 Å².